The Bertz CT molecular complexity index is 488. The van der Waals surface area contributed by atoms with Crippen molar-refractivity contribution in [3.05, 3.63) is 16.4 Å². The number of H-pyrrole nitrogens is 1. The molecule has 8 nitrogen and oxygen atoms in total. The van der Waals surface area contributed by atoms with E-state index in [1.54, 1.807) is 0 Å². The van der Waals surface area contributed by atoms with Crippen molar-refractivity contribution in [3.63, 3.8) is 0 Å². The molecule has 1 heterocycles. The molecule has 0 bridgehead atoms. The summed E-state index contributed by atoms with van der Waals surface area (Å²) in [6.07, 6.45) is -2.37. The van der Waals surface area contributed by atoms with Crippen LogP contribution in [0.25, 0.3) is 0 Å². The van der Waals surface area contributed by atoms with E-state index in [9.17, 15) is 20.1 Å². The molecule has 0 aliphatic rings. The maximum Gasteiger partial charge on any atom is 0.255 e. The molecule has 1 rings (SSSR count). The second-order valence-corrected chi connectivity index (χ2v) is 4.65. The average Bonchev–Trinajstić information content (AvgIpc) is 2.12. The van der Waals surface area contributed by atoms with Crippen LogP contribution in [0.4, 0.5) is 0 Å². The van der Waals surface area contributed by atoms with Gasteiger partial charge in [0.1, 0.15) is 21.8 Å². The van der Waals surface area contributed by atoms with Gasteiger partial charge in [0.2, 0.25) is 11.0 Å². The van der Waals surface area contributed by atoms with Gasteiger partial charge in [0.15, 0.2) is 5.16 Å². The van der Waals surface area contributed by atoms with Gasteiger partial charge < -0.3 is 30.5 Å². The lowest BCUT2D eigenvalue weighted by Crippen LogP contribution is -2.56. The Morgan fingerprint density at radius 2 is 1.94 bits per heavy atom. The van der Waals surface area contributed by atoms with Crippen LogP contribution in [0.15, 0.2) is 16.0 Å². The van der Waals surface area contributed by atoms with Crippen LogP contribution in [-0.2, 0) is 0 Å². The zero-order valence-electron chi connectivity index (χ0n) is 8.81. The van der Waals surface area contributed by atoms with E-state index in [2.05, 4.69) is 9.97 Å². The van der Waals surface area contributed by atoms with Gasteiger partial charge in [0.25, 0.3) is 5.56 Å². The molecule has 0 fully saturated rings. The van der Waals surface area contributed by atoms with Crippen molar-refractivity contribution in [2.24, 2.45) is 0 Å². The number of hydrogen-bond acceptors (Lipinski definition) is 8. The summed E-state index contributed by atoms with van der Waals surface area (Å²) in [5.74, 6) is -0.665. The van der Waals surface area contributed by atoms with Gasteiger partial charge in [0, 0.05) is 5.40 Å². The highest BCUT2D eigenvalue weighted by Crippen LogP contribution is 2.31. The van der Waals surface area contributed by atoms with Crippen molar-refractivity contribution in [1.29, 1.82) is 0 Å². The molecule has 4 radical (unpaired) electrons. The summed E-state index contributed by atoms with van der Waals surface area (Å²) in [5.41, 5.74) is -0.758. The van der Waals surface area contributed by atoms with E-state index in [-0.39, 0.29) is 11.8 Å². The molecule has 0 amide bonds. The Balaban J connectivity index is 2.98. The molecule has 0 saturated heterocycles. The highest BCUT2D eigenvalue weighted by atomic mass is 32.2. The number of aliphatic hydroxyl groups excluding tert-OH is 1. The molecular formula is C7H8B2N2O6S. The van der Waals surface area contributed by atoms with Crippen molar-refractivity contribution in [2.75, 3.05) is 0 Å². The molecule has 1 aromatic rings. The van der Waals surface area contributed by atoms with Crippen LogP contribution in [0, 0.1) is 0 Å². The zero-order valence-corrected chi connectivity index (χ0v) is 9.63. The second kappa shape index (κ2) is 4.94. The Morgan fingerprint density at radius 3 is 2.39 bits per heavy atom. The standard InChI is InChI=1S/C7H8B2N2O6S/c8-6(9,15)4(14)7(16,17)18-5-10-2(12)1-3(13)11-5/h1,4,14-17H,(H2,10,11,12,13). The summed E-state index contributed by atoms with van der Waals surface area (Å²) < 4.78 is 0. The van der Waals surface area contributed by atoms with Crippen LogP contribution in [0.5, 0.6) is 5.88 Å². The SMILES string of the molecule is [B]C([B])(O)C(O)C(O)(O)Sc1nc(O)cc(=O)[nH]1. The molecule has 1 atom stereocenters. The third-order valence-electron chi connectivity index (χ3n) is 1.75. The van der Waals surface area contributed by atoms with Gasteiger partial charge in [-0.2, -0.15) is 4.98 Å². The lowest BCUT2D eigenvalue weighted by molar-refractivity contribution is -0.179. The first-order valence-corrected chi connectivity index (χ1v) is 5.26. The van der Waals surface area contributed by atoms with Crippen LogP contribution in [0.3, 0.4) is 0 Å². The summed E-state index contributed by atoms with van der Waals surface area (Å²) in [6.45, 7) is 0. The summed E-state index contributed by atoms with van der Waals surface area (Å²) in [4.78, 5) is 16.4. The Kier molecular flexibility index (Phi) is 4.13. The van der Waals surface area contributed by atoms with E-state index in [4.69, 9.17) is 25.9 Å². The van der Waals surface area contributed by atoms with Gasteiger partial charge in [-0.1, -0.05) is 0 Å². The van der Waals surface area contributed by atoms with Gasteiger partial charge in [0.05, 0.1) is 6.07 Å². The minimum atomic E-state index is -3.04. The maximum atomic E-state index is 11.0. The van der Waals surface area contributed by atoms with Gasteiger partial charge in [-0.25, -0.2) is 0 Å². The normalized spacial score (nSPS) is 14.4. The summed E-state index contributed by atoms with van der Waals surface area (Å²) >= 11 is 0.0236. The Morgan fingerprint density at radius 1 is 1.39 bits per heavy atom. The number of nitrogens with one attached hydrogen (secondary N) is 1. The molecule has 94 valence electrons. The fraction of sp³-hybridized carbons (Fsp3) is 0.429. The molecule has 0 aromatic carbocycles. The Labute approximate surface area is 108 Å². The molecule has 6 N–H and O–H groups in total. The number of aromatic amines is 1. The molecule has 0 saturated carbocycles. The number of nitrogens with zero attached hydrogens (tertiary/aromatic N) is 1. The molecule has 0 spiro atoms. The quantitative estimate of drug-likeness (QED) is 0.143. The molecule has 0 aliphatic carbocycles. The van der Waals surface area contributed by atoms with Crippen molar-refractivity contribution in [3.8, 4) is 5.88 Å². The number of thioether (sulfide) groups is 1. The van der Waals surface area contributed by atoms with E-state index in [1.807, 2.05) is 0 Å². The van der Waals surface area contributed by atoms with Gasteiger partial charge in [-0.15, -0.1) is 0 Å². The second-order valence-electron chi connectivity index (χ2n) is 3.46. The fourth-order valence-corrected chi connectivity index (χ4v) is 1.85. The number of aromatic nitrogens is 2. The summed E-state index contributed by atoms with van der Waals surface area (Å²) in [5, 5.41) is 40.0. The minimum absolute atomic E-state index is 0.0236. The monoisotopic (exact) mass is 270 g/mol. The zero-order chi connectivity index (χ0) is 14.1. The van der Waals surface area contributed by atoms with Gasteiger partial charge >= 0.3 is 0 Å². The van der Waals surface area contributed by atoms with Crippen LogP contribution >= 0.6 is 11.8 Å². The van der Waals surface area contributed by atoms with Crippen molar-refractivity contribution < 1.29 is 25.5 Å². The topological polar surface area (TPSA) is 147 Å². The number of aromatic hydroxyl groups is 1. The van der Waals surface area contributed by atoms with E-state index in [0.29, 0.717) is 0 Å². The lowest BCUT2D eigenvalue weighted by atomic mass is 9.62. The maximum absolute atomic E-state index is 11.0. The van der Waals surface area contributed by atoms with Crippen LogP contribution in [-0.4, -0.2) is 67.8 Å². The summed E-state index contributed by atoms with van der Waals surface area (Å²) in [6, 6.07) is 0.749. The first-order valence-electron chi connectivity index (χ1n) is 4.44. The first kappa shape index (κ1) is 15.1. The molecular weight excluding hydrogens is 262 g/mol. The lowest BCUT2D eigenvalue weighted by Gasteiger charge is -2.34. The van der Waals surface area contributed by atoms with E-state index in [0.717, 1.165) is 6.07 Å². The molecule has 11 heteroatoms. The first-order chi connectivity index (χ1) is 8.02. The smallest absolute Gasteiger partial charge is 0.255 e. The van der Waals surface area contributed by atoms with Crippen molar-refractivity contribution in [2.45, 2.75) is 21.8 Å². The number of hydrogen-bond donors (Lipinski definition) is 6. The fourth-order valence-electron chi connectivity index (χ4n) is 0.971. The van der Waals surface area contributed by atoms with E-state index >= 15 is 0 Å². The number of rotatable bonds is 4. The van der Waals surface area contributed by atoms with E-state index in [1.165, 1.54) is 0 Å². The van der Waals surface area contributed by atoms with Gasteiger partial charge in [-0.05, 0) is 11.8 Å². The van der Waals surface area contributed by atoms with Crippen LogP contribution in [0.1, 0.15) is 0 Å². The molecule has 1 unspecified atom stereocenters. The van der Waals surface area contributed by atoms with Crippen molar-refractivity contribution >= 4 is 27.5 Å². The highest BCUT2D eigenvalue weighted by Gasteiger charge is 2.43. The average molecular weight is 270 g/mol. The molecule has 0 aliphatic heterocycles. The van der Waals surface area contributed by atoms with Gasteiger partial charge in [-0.3, -0.25) is 4.79 Å². The van der Waals surface area contributed by atoms with Crippen LogP contribution in [0.2, 0.25) is 0 Å². The number of aliphatic hydroxyl groups is 4. The molecule has 1 aromatic heterocycles. The largest absolute Gasteiger partial charge is 0.493 e. The van der Waals surface area contributed by atoms with Crippen molar-refractivity contribution in [1.82, 2.24) is 9.97 Å². The summed E-state index contributed by atoms with van der Waals surface area (Å²) in [7, 11) is 9.77. The highest BCUT2D eigenvalue weighted by molar-refractivity contribution is 8.00. The Hall–Kier alpha value is -1.00. The minimum Gasteiger partial charge on any atom is -0.493 e. The van der Waals surface area contributed by atoms with E-state index < -0.39 is 33.2 Å². The third kappa shape index (κ3) is 3.75. The van der Waals surface area contributed by atoms with Crippen LogP contribution < -0.4 is 5.56 Å². The predicted molar refractivity (Wildman–Crippen MR) is 62.0 cm³/mol. The predicted octanol–water partition coefficient (Wildman–Crippen LogP) is -3.45. The third-order valence-corrected chi connectivity index (χ3v) is 2.66. The molecule has 18 heavy (non-hydrogen) atoms.